The average Bonchev–Trinajstić information content (AvgIpc) is 1.84. The molecule has 0 bridgehead atoms. The number of Topliss-reactive ketones (excluding diaryl/α,β-unsaturated/α-hetero) is 1. The number of hydrogen-bond donors (Lipinski definition) is 0. The van der Waals surface area contributed by atoms with Gasteiger partial charge in [0.05, 0.1) is 5.25 Å². The van der Waals surface area contributed by atoms with Gasteiger partial charge in [0.1, 0.15) is 5.78 Å². The Morgan fingerprint density at radius 3 is 2.00 bits per heavy atom. The Balaban J connectivity index is 3.88. The van der Waals surface area contributed by atoms with E-state index in [9.17, 15) is 4.79 Å². The molecular formula is C10H20OS. The zero-order valence-electron chi connectivity index (χ0n) is 8.76. The van der Waals surface area contributed by atoms with Gasteiger partial charge < -0.3 is 0 Å². The van der Waals surface area contributed by atoms with Crippen LogP contribution >= 0.6 is 11.8 Å². The van der Waals surface area contributed by atoms with Gasteiger partial charge in [0.15, 0.2) is 0 Å². The Morgan fingerprint density at radius 1 is 1.25 bits per heavy atom. The van der Waals surface area contributed by atoms with Crippen LogP contribution in [0.2, 0.25) is 0 Å². The van der Waals surface area contributed by atoms with Crippen molar-refractivity contribution in [3.8, 4) is 0 Å². The van der Waals surface area contributed by atoms with Crippen LogP contribution in [0.15, 0.2) is 0 Å². The first-order valence-corrected chi connectivity index (χ1v) is 5.62. The number of rotatable bonds is 5. The lowest BCUT2D eigenvalue weighted by Gasteiger charge is -2.18. The smallest absolute Gasteiger partial charge is 0.143 e. The molecule has 0 aliphatic heterocycles. The van der Waals surface area contributed by atoms with Gasteiger partial charge in [-0.3, -0.25) is 4.79 Å². The van der Waals surface area contributed by atoms with Gasteiger partial charge in [0, 0.05) is 0 Å². The molecule has 0 aliphatic rings. The van der Waals surface area contributed by atoms with Gasteiger partial charge in [-0.1, -0.05) is 27.7 Å². The van der Waals surface area contributed by atoms with Crippen LogP contribution in [0.5, 0.6) is 0 Å². The van der Waals surface area contributed by atoms with Crippen LogP contribution < -0.4 is 0 Å². The summed E-state index contributed by atoms with van der Waals surface area (Å²) in [5, 5.41) is 0.201. The summed E-state index contributed by atoms with van der Waals surface area (Å²) >= 11 is 1.80. The lowest BCUT2D eigenvalue weighted by molar-refractivity contribution is -0.117. The van der Waals surface area contributed by atoms with E-state index >= 15 is 0 Å². The molecule has 0 aromatic rings. The van der Waals surface area contributed by atoms with Crippen LogP contribution in [0.1, 0.15) is 34.6 Å². The van der Waals surface area contributed by atoms with E-state index < -0.39 is 0 Å². The van der Waals surface area contributed by atoms with Crippen molar-refractivity contribution in [2.24, 2.45) is 11.8 Å². The molecule has 0 rings (SSSR count). The van der Waals surface area contributed by atoms with Gasteiger partial charge in [-0.15, -0.1) is 0 Å². The van der Waals surface area contributed by atoms with E-state index in [0.29, 0.717) is 17.6 Å². The highest BCUT2D eigenvalue weighted by Crippen LogP contribution is 2.22. The van der Waals surface area contributed by atoms with Crippen LogP contribution in [0.25, 0.3) is 0 Å². The summed E-state index contributed by atoms with van der Waals surface area (Å²) < 4.78 is 0. The minimum absolute atomic E-state index is 0.201. The van der Waals surface area contributed by atoms with E-state index in [2.05, 4.69) is 27.7 Å². The molecule has 0 saturated carbocycles. The first kappa shape index (κ1) is 12.0. The first-order valence-electron chi connectivity index (χ1n) is 4.57. The van der Waals surface area contributed by atoms with Gasteiger partial charge in [-0.05, 0) is 24.5 Å². The van der Waals surface area contributed by atoms with E-state index in [1.807, 2.05) is 0 Å². The van der Waals surface area contributed by atoms with Crippen molar-refractivity contribution in [3.63, 3.8) is 0 Å². The summed E-state index contributed by atoms with van der Waals surface area (Å²) in [7, 11) is 0. The highest BCUT2D eigenvalue weighted by Gasteiger charge is 2.18. The maximum atomic E-state index is 11.2. The van der Waals surface area contributed by atoms with E-state index in [4.69, 9.17) is 0 Å². The highest BCUT2D eigenvalue weighted by atomic mass is 32.2. The zero-order valence-corrected chi connectivity index (χ0v) is 9.57. The summed E-state index contributed by atoms with van der Waals surface area (Å²) in [5.74, 6) is 2.54. The molecule has 0 N–H and O–H groups in total. The molecule has 0 aromatic heterocycles. The van der Waals surface area contributed by atoms with Crippen LogP contribution in [-0.2, 0) is 4.79 Å². The Bertz CT molecular complexity index is 141. The minimum atomic E-state index is 0.201. The second-order valence-corrected chi connectivity index (χ2v) is 5.18. The molecule has 2 heteroatoms. The normalized spacial score (nSPS) is 13.9. The van der Waals surface area contributed by atoms with Crippen molar-refractivity contribution >= 4 is 17.5 Å². The first-order chi connectivity index (χ1) is 5.45. The lowest BCUT2D eigenvalue weighted by atomic mass is 10.1. The van der Waals surface area contributed by atoms with Crippen molar-refractivity contribution in [2.45, 2.75) is 39.9 Å². The van der Waals surface area contributed by atoms with Crippen molar-refractivity contribution in [2.75, 3.05) is 5.75 Å². The van der Waals surface area contributed by atoms with E-state index in [1.165, 1.54) is 0 Å². The molecule has 0 saturated heterocycles. The summed E-state index contributed by atoms with van der Waals surface area (Å²) in [6.07, 6.45) is 0. The molecule has 0 radical (unpaired) electrons. The Hall–Kier alpha value is 0.0200. The minimum Gasteiger partial charge on any atom is -0.299 e. The third-order valence-electron chi connectivity index (χ3n) is 1.62. The molecule has 0 heterocycles. The fourth-order valence-electron chi connectivity index (χ4n) is 1.08. The average molecular weight is 188 g/mol. The van der Waals surface area contributed by atoms with Gasteiger partial charge in [-0.25, -0.2) is 0 Å². The molecular weight excluding hydrogens is 168 g/mol. The monoisotopic (exact) mass is 188 g/mol. The number of thioether (sulfide) groups is 1. The number of carbonyl (C=O) groups is 1. The predicted molar refractivity (Wildman–Crippen MR) is 56.6 cm³/mol. The number of hydrogen-bond acceptors (Lipinski definition) is 2. The van der Waals surface area contributed by atoms with E-state index in [-0.39, 0.29) is 5.25 Å². The fraction of sp³-hybridized carbons (Fsp3) is 0.900. The summed E-state index contributed by atoms with van der Waals surface area (Å²) in [6, 6.07) is 0. The van der Waals surface area contributed by atoms with Crippen LogP contribution in [0, 0.1) is 11.8 Å². The Kier molecular flexibility index (Phi) is 5.64. The fourth-order valence-corrected chi connectivity index (χ4v) is 2.29. The van der Waals surface area contributed by atoms with Crippen LogP contribution in [-0.4, -0.2) is 16.8 Å². The molecule has 0 spiro atoms. The molecule has 0 amide bonds. The third-order valence-corrected chi connectivity index (χ3v) is 3.71. The number of ketones is 1. The lowest BCUT2D eigenvalue weighted by Crippen LogP contribution is -2.21. The number of carbonyl (C=O) groups excluding carboxylic acids is 1. The summed E-state index contributed by atoms with van der Waals surface area (Å²) in [6.45, 7) is 10.3. The van der Waals surface area contributed by atoms with Gasteiger partial charge in [0.2, 0.25) is 0 Å². The standard InChI is InChI=1S/C10H20OS/c1-7(2)6-12-10(8(3)4)9(5)11/h7-8,10H,6H2,1-5H3. The molecule has 72 valence electrons. The van der Waals surface area contributed by atoms with Gasteiger partial charge in [-0.2, -0.15) is 11.8 Å². The van der Waals surface area contributed by atoms with Gasteiger partial charge >= 0.3 is 0 Å². The van der Waals surface area contributed by atoms with E-state index in [0.717, 1.165) is 5.75 Å². The molecule has 0 aliphatic carbocycles. The van der Waals surface area contributed by atoms with Crippen molar-refractivity contribution in [3.05, 3.63) is 0 Å². The second-order valence-electron chi connectivity index (χ2n) is 4.00. The molecule has 1 atom stereocenters. The maximum absolute atomic E-state index is 11.2. The quantitative estimate of drug-likeness (QED) is 0.660. The largest absolute Gasteiger partial charge is 0.299 e. The Morgan fingerprint density at radius 2 is 1.75 bits per heavy atom. The molecule has 1 unspecified atom stereocenters. The zero-order chi connectivity index (χ0) is 9.72. The van der Waals surface area contributed by atoms with Crippen LogP contribution in [0.3, 0.4) is 0 Å². The molecule has 12 heavy (non-hydrogen) atoms. The van der Waals surface area contributed by atoms with Crippen molar-refractivity contribution < 1.29 is 4.79 Å². The SMILES string of the molecule is CC(=O)C(SCC(C)C)C(C)C. The molecule has 1 nitrogen and oxygen atoms in total. The molecule has 0 aromatic carbocycles. The topological polar surface area (TPSA) is 17.1 Å². The Labute approximate surface area is 80.3 Å². The highest BCUT2D eigenvalue weighted by molar-refractivity contribution is 8.00. The maximum Gasteiger partial charge on any atom is 0.143 e. The second kappa shape index (κ2) is 5.63. The van der Waals surface area contributed by atoms with Crippen molar-refractivity contribution in [1.82, 2.24) is 0 Å². The predicted octanol–water partition coefficient (Wildman–Crippen LogP) is 2.99. The third kappa shape index (κ3) is 4.81. The van der Waals surface area contributed by atoms with Crippen LogP contribution in [0.4, 0.5) is 0 Å². The summed E-state index contributed by atoms with van der Waals surface area (Å²) in [5.41, 5.74) is 0. The molecule has 0 fully saturated rings. The van der Waals surface area contributed by atoms with E-state index in [1.54, 1.807) is 18.7 Å². The summed E-state index contributed by atoms with van der Waals surface area (Å²) in [4.78, 5) is 11.2. The van der Waals surface area contributed by atoms with Gasteiger partial charge in [0.25, 0.3) is 0 Å². The van der Waals surface area contributed by atoms with Crippen molar-refractivity contribution in [1.29, 1.82) is 0 Å².